The van der Waals surface area contributed by atoms with Gasteiger partial charge < -0.3 is 4.90 Å². The Balaban J connectivity index is 1.78. The predicted molar refractivity (Wildman–Crippen MR) is 105 cm³/mol. The summed E-state index contributed by atoms with van der Waals surface area (Å²) >= 11 is 0. The highest BCUT2D eigenvalue weighted by molar-refractivity contribution is 6.31. The minimum atomic E-state index is -0.886. The van der Waals surface area contributed by atoms with Crippen LogP contribution in [0, 0.1) is 20.9 Å². The molecule has 2 aliphatic heterocycles. The lowest BCUT2D eigenvalue weighted by molar-refractivity contribution is -0.384. The quantitative estimate of drug-likeness (QED) is 0.349. The van der Waals surface area contributed by atoms with Crippen molar-refractivity contribution >= 4 is 35.3 Å². The fourth-order valence-electron chi connectivity index (χ4n) is 4.78. The van der Waals surface area contributed by atoms with Gasteiger partial charge in [0, 0.05) is 36.0 Å². The van der Waals surface area contributed by atoms with Crippen LogP contribution in [-0.2, 0) is 9.59 Å². The number of benzene rings is 1. The summed E-state index contributed by atoms with van der Waals surface area (Å²) in [5.41, 5.74) is 1.05. The van der Waals surface area contributed by atoms with Gasteiger partial charge in [-0.2, -0.15) is 0 Å². The van der Waals surface area contributed by atoms with Crippen molar-refractivity contribution in [2.75, 3.05) is 11.4 Å². The van der Waals surface area contributed by atoms with E-state index < -0.39 is 22.8 Å². The van der Waals surface area contributed by atoms with Crippen LogP contribution in [0.5, 0.6) is 0 Å². The number of piperidine rings is 1. The van der Waals surface area contributed by atoms with E-state index in [1.165, 1.54) is 18.2 Å². The van der Waals surface area contributed by atoms with E-state index in [1.54, 1.807) is 6.07 Å². The minimum absolute atomic E-state index is 0.107. The molecule has 2 heterocycles. The zero-order chi connectivity index (χ0) is 21.1. The Kier molecular flexibility index (Phi) is 4.04. The number of amides is 4. The summed E-state index contributed by atoms with van der Waals surface area (Å²) in [7, 11) is 0. The average Bonchev–Trinajstić information content (AvgIpc) is 3.06. The monoisotopic (exact) mass is 398 g/mol. The summed E-state index contributed by atoms with van der Waals surface area (Å²) in [5.74, 6) is -1.65. The molecule has 152 valence electrons. The Bertz CT molecular complexity index is 975. The maximum atomic E-state index is 12.1. The number of nitrogens with zero attached hydrogens (tertiary/aromatic N) is 2. The van der Waals surface area contributed by atoms with Crippen molar-refractivity contribution in [2.24, 2.45) is 10.8 Å². The van der Waals surface area contributed by atoms with E-state index >= 15 is 0 Å². The normalized spacial score (nSPS) is 27.7. The Morgan fingerprint density at radius 2 is 1.79 bits per heavy atom. The number of nitrogens with one attached hydrogen (secondary N) is 2. The summed E-state index contributed by atoms with van der Waals surface area (Å²) < 4.78 is 0. The first-order chi connectivity index (χ1) is 13.5. The summed E-state index contributed by atoms with van der Waals surface area (Å²) in [5, 5.41) is 15.3. The molecule has 2 saturated heterocycles. The maximum Gasteiger partial charge on any atom is 0.328 e. The van der Waals surface area contributed by atoms with E-state index in [-0.39, 0.29) is 28.1 Å². The van der Waals surface area contributed by atoms with E-state index in [9.17, 15) is 24.5 Å². The fraction of sp³-hybridized carbons (Fsp3) is 0.450. The SMILES string of the molecule is CC1(C)C[C@H]2C[C@@]1(C)CN2c1ccc([N+](=O)[O-])cc1C=C1C(=O)NC(=O)NC1=O. The van der Waals surface area contributed by atoms with E-state index in [1.807, 2.05) is 10.6 Å². The van der Waals surface area contributed by atoms with E-state index in [0.717, 1.165) is 25.1 Å². The van der Waals surface area contributed by atoms with Gasteiger partial charge in [0.15, 0.2) is 0 Å². The van der Waals surface area contributed by atoms with Crippen LogP contribution in [0.1, 0.15) is 39.2 Å². The van der Waals surface area contributed by atoms with Gasteiger partial charge in [-0.1, -0.05) is 20.8 Å². The van der Waals surface area contributed by atoms with E-state index in [2.05, 4.69) is 25.7 Å². The van der Waals surface area contributed by atoms with Gasteiger partial charge in [0.25, 0.3) is 17.5 Å². The molecule has 4 rings (SSSR count). The number of carbonyl (C=O) groups is 3. The van der Waals surface area contributed by atoms with Crippen LogP contribution in [0.25, 0.3) is 6.08 Å². The van der Waals surface area contributed by atoms with Gasteiger partial charge in [0.05, 0.1) is 4.92 Å². The Morgan fingerprint density at radius 1 is 1.14 bits per heavy atom. The summed E-state index contributed by atoms with van der Waals surface area (Å²) in [6.07, 6.45) is 3.33. The number of carbonyl (C=O) groups excluding carboxylic acids is 3. The smallest absolute Gasteiger partial charge is 0.328 e. The first kappa shape index (κ1) is 19.1. The highest BCUT2D eigenvalue weighted by atomic mass is 16.6. The van der Waals surface area contributed by atoms with Crippen LogP contribution in [-0.4, -0.2) is 35.4 Å². The summed E-state index contributed by atoms with van der Waals surface area (Å²) in [6, 6.07) is 3.86. The number of anilines is 1. The number of imide groups is 2. The molecule has 9 heteroatoms. The number of fused-ring (bicyclic) bond motifs is 2. The number of nitro benzene ring substituents is 1. The molecule has 2 bridgehead atoms. The molecule has 1 aromatic carbocycles. The molecule has 3 fully saturated rings. The molecule has 3 aliphatic rings. The molecule has 0 unspecified atom stereocenters. The number of hydrogen-bond donors (Lipinski definition) is 2. The second kappa shape index (κ2) is 6.13. The number of rotatable bonds is 3. The highest BCUT2D eigenvalue weighted by Crippen LogP contribution is 2.59. The number of barbiturate groups is 1. The minimum Gasteiger partial charge on any atom is -0.367 e. The Hall–Kier alpha value is -3.23. The lowest BCUT2D eigenvalue weighted by Gasteiger charge is -2.44. The average molecular weight is 398 g/mol. The number of non-ortho nitro benzene ring substituents is 1. The standard InChI is InChI=1S/C20H22N4O5/c1-19(2)8-13-9-20(19,3)10-23(13)15-5-4-12(24(28)29)6-11(15)7-14-16(25)21-18(27)22-17(14)26/h4-7,13H,8-10H2,1-3H3,(H2,21,22,25,26,27)/t13-,20-/m0/s1. The van der Waals surface area contributed by atoms with Crippen molar-refractivity contribution in [3.63, 3.8) is 0 Å². The van der Waals surface area contributed by atoms with Crippen LogP contribution in [0.3, 0.4) is 0 Å². The summed E-state index contributed by atoms with van der Waals surface area (Å²) in [6.45, 7) is 7.56. The predicted octanol–water partition coefficient (Wildman–Crippen LogP) is 2.36. The molecule has 2 atom stereocenters. The van der Waals surface area contributed by atoms with Crippen LogP contribution >= 0.6 is 0 Å². The summed E-state index contributed by atoms with van der Waals surface area (Å²) in [4.78, 5) is 48.5. The van der Waals surface area contributed by atoms with E-state index in [0.29, 0.717) is 5.56 Å². The highest BCUT2D eigenvalue weighted by Gasteiger charge is 2.57. The van der Waals surface area contributed by atoms with Crippen molar-refractivity contribution < 1.29 is 19.3 Å². The molecule has 0 spiro atoms. The topological polar surface area (TPSA) is 122 Å². The third-order valence-corrected chi connectivity index (χ3v) is 6.80. The number of hydrogen-bond acceptors (Lipinski definition) is 6. The van der Waals surface area contributed by atoms with Crippen molar-refractivity contribution in [3.05, 3.63) is 39.4 Å². The van der Waals surface area contributed by atoms with Gasteiger partial charge in [0.2, 0.25) is 0 Å². The molecule has 9 nitrogen and oxygen atoms in total. The van der Waals surface area contributed by atoms with Crippen LogP contribution in [0.15, 0.2) is 23.8 Å². The third-order valence-electron chi connectivity index (χ3n) is 6.80. The van der Waals surface area contributed by atoms with Crippen LogP contribution in [0.2, 0.25) is 0 Å². The molecule has 0 radical (unpaired) electrons. The van der Waals surface area contributed by atoms with Gasteiger partial charge in [-0.15, -0.1) is 0 Å². The Morgan fingerprint density at radius 3 is 2.31 bits per heavy atom. The maximum absolute atomic E-state index is 12.1. The van der Waals surface area contributed by atoms with Crippen molar-refractivity contribution in [3.8, 4) is 0 Å². The number of urea groups is 1. The zero-order valence-corrected chi connectivity index (χ0v) is 16.4. The largest absolute Gasteiger partial charge is 0.367 e. The lowest BCUT2D eigenvalue weighted by Crippen LogP contribution is -2.51. The molecule has 0 aromatic heterocycles. The third kappa shape index (κ3) is 2.97. The second-order valence-electron chi connectivity index (χ2n) is 8.93. The van der Waals surface area contributed by atoms with Gasteiger partial charge in [-0.05, 0) is 35.8 Å². The van der Waals surface area contributed by atoms with Gasteiger partial charge in [-0.25, -0.2) is 4.79 Å². The molecule has 4 amide bonds. The van der Waals surface area contributed by atoms with E-state index in [4.69, 9.17) is 0 Å². The van der Waals surface area contributed by atoms with Crippen LogP contribution in [0.4, 0.5) is 16.2 Å². The first-order valence-corrected chi connectivity index (χ1v) is 9.44. The van der Waals surface area contributed by atoms with Gasteiger partial charge >= 0.3 is 6.03 Å². The fourth-order valence-corrected chi connectivity index (χ4v) is 4.78. The number of nitro groups is 1. The molecule has 2 N–H and O–H groups in total. The van der Waals surface area contributed by atoms with Gasteiger partial charge in [-0.3, -0.25) is 30.3 Å². The second-order valence-corrected chi connectivity index (χ2v) is 8.93. The van der Waals surface area contributed by atoms with Crippen molar-refractivity contribution in [1.29, 1.82) is 0 Å². The molecule has 29 heavy (non-hydrogen) atoms. The van der Waals surface area contributed by atoms with Crippen LogP contribution < -0.4 is 15.5 Å². The zero-order valence-electron chi connectivity index (χ0n) is 16.4. The molecule has 1 aliphatic carbocycles. The molecular weight excluding hydrogens is 376 g/mol. The first-order valence-electron chi connectivity index (χ1n) is 9.44. The van der Waals surface area contributed by atoms with Crippen molar-refractivity contribution in [2.45, 2.75) is 39.7 Å². The molecule has 1 saturated carbocycles. The molecule has 1 aromatic rings. The van der Waals surface area contributed by atoms with Gasteiger partial charge in [0.1, 0.15) is 5.57 Å². The van der Waals surface area contributed by atoms with Crippen molar-refractivity contribution in [1.82, 2.24) is 10.6 Å². The Labute approximate surface area is 167 Å². The lowest BCUT2D eigenvalue weighted by atomic mass is 9.69. The molecular formula is C20H22N4O5.